The van der Waals surface area contributed by atoms with Gasteiger partial charge in [-0.25, -0.2) is 14.2 Å². The number of rotatable bonds is 2. The first-order valence-corrected chi connectivity index (χ1v) is 8.24. The fourth-order valence-corrected chi connectivity index (χ4v) is 3.89. The Kier molecular flexibility index (Phi) is 3.48. The lowest BCUT2D eigenvalue weighted by atomic mass is 10.1. The van der Waals surface area contributed by atoms with Crippen molar-refractivity contribution in [1.82, 2.24) is 4.98 Å². The highest BCUT2D eigenvalue weighted by atomic mass is 35.5. The van der Waals surface area contributed by atoms with Crippen molar-refractivity contribution in [1.29, 1.82) is 0 Å². The van der Waals surface area contributed by atoms with E-state index in [2.05, 4.69) is 4.98 Å². The molecule has 0 aliphatic heterocycles. The predicted molar refractivity (Wildman–Crippen MR) is 94.5 cm³/mol. The summed E-state index contributed by atoms with van der Waals surface area (Å²) < 4.78 is 15.3. The van der Waals surface area contributed by atoms with Gasteiger partial charge >= 0.3 is 5.97 Å². The van der Waals surface area contributed by atoms with Gasteiger partial charge in [0.15, 0.2) is 5.82 Å². The van der Waals surface area contributed by atoms with Gasteiger partial charge in [-0.3, -0.25) is 0 Å². The summed E-state index contributed by atoms with van der Waals surface area (Å²) in [6.07, 6.45) is 0. The summed E-state index contributed by atoms with van der Waals surface area (Å²) in [6, 6.07) is 13.7. The van der Waals surface area contributed by atoms with Crippen LogP contribution in [0, 0.1) is 5.82 Å². The van der Waals surface area contributed by atoms with E-state index in [1.807, 2.05) is 30.3 Å². The largest absolute Gasteiger partial charge is 0.478 e. The molecule has 1 N–H and O–H groups in total. The minimum atomic E-state index is -1.15. The van der Waals surface area contributed by atoms with Crippen LogP contribution >= 0.6 is 22.9 Å². The molecule has 118 valence electrons. The zero-order valence-electron chi connectivity index (χ0n) is 12.1. The number of fused-ring (bicyclic) bond motifs is 2. The van der Waals surface area contributed by atoms with E-state index in [-0.39, 0.29) is 21.5 Å². The number of aromatic carboxylic acids is 1. The molecule has 0 aliphatic rings. The van der Waals surface area contributed by atoms with E-state index in [0.717, 1.165) is 21.0 Å². The first-order valence-electron chi connectivity index (χ1n) is 7.05. The van der Waals surface area contributed by atoms with Crippen LogP contribution in [-0.4, -0.2) is 16.1 Å². The number of carboxylic acid groups (broad SMARTS) is 1. The summed E-state index contributed by atoms with van der Waals surface area (Å²) in [5.74, 6) is -1.78. The molecular formula is C18H9ClFNO2S. The number of carbonyl (C=O) groups is 1. The summed E-state index contributed by atoms with van der Waals surface area (Å²) in [7, 11) is 0. The lowest BCUT2D eigenvalue weighted by Gasteiger charge is -2.07. The van der Waals surface area contributed by atoms with Crippen molar-refractivity contribution in [3.05, 3.63) is 64.9 Å². The molecule has 0 spiro atoms. The molecule has 3 nitrogen and oxygen atoms in total. The molecule has 2 heterocycles. The number of nitrogens with zero attached hydrogens (tertiary/aromatic N) is 1. The maximum atomic E-state index is 14.3. The summed E-state index contributed by atoms with van der Waals surface area (Å²) in [4.78, 5) is 16.7. The van der Waals surface area contributed by atoms with Crippen molar-refractivity contribution in [3.63, 3.8) is 0 Å². The second-order valence-electron chi connectivity index (χ2n) is 5.29. The second kappa shape index (κ2) is 5.54. The molecule has 0 fully saturated rings. The Morgan fingerprint density at radius 3 is 2.71 bits per heavy atom. The van der Waals surface area contributed by atoms with Gasteiger partial charge in [0.05, 0.1) is 16.1 Å². The average molecular weight is 358 g/mol. The molecule has 24 heavy (non-hydrogen) atoms. The summed E-state index contributed by atoms with van der Waals surface area (Å²) in [5.41, 5.74) is 0.419. The van der Waals surface area contributed by atoms with Crippen molar-refractivity contribution in [2.24, 2.45) is 0 Å². The third-order valence-corrected chi connectivity index (χ3v) is 5.10. The van der Waals surface area contributed by atoms with Crippen LogP contribution in [0.1, 0.15) is 10.4 Å². The SMILES string of the molecule is O=C(O)c1cc(-c2cc3ccccc3s2)nc2c(F)cc(Cl)cc12. The quantitative estimate of drug-likeness (QED) is 0.507. The van der Waals surface area contributed by atoms with Gasteiger partial charge in [0.1, 0.15) is 5.52 Å². The van der Waals surface area contributed by atoms with Gasteiger partial charge in [0.2, 0.25) is 0 Å². The first kappa shape index (κ1) is 15.1. The molecule has 4 rings (SSSR count). The molecule has 0 aliphatic carbocycles. The molecule has 6 heteroatoms. The standard InChI is InChI=1S/C18H9ClFNO2S/c19-10-6-11-12(18(22)23)8-14(21-17(11)13(20)7-10)16-5-9-3-1-2-4-15(9)24-16/h1-8H,(H,22,23). The molecule has 0 saturated heterocycles. The number of pyridine rings is 1. The van der Waals surface area contributed by atoms with E-state index in [1.54, 1.807) is 0 Å². The maximum absolute atomic E-state index is 14.3. The molecule has 0 radical (unpaired) electrons. The number of halogens is 2. The molecule has 0 amide bonds. The number of thiophene rings is 1. The minimum absolute atomic E-state index is 0.00626. The minimum Gasteiger partial charge on any atom is -0.478 e. The van der Waals surface area contributed by atoms with E-state index in [1.165, 1.54) is 23.5 Å². The van der Waals surface area contributed by atoms with Gasteiger partial charge in [0.25, 0.3) is 0 Å². The van der Waals surface area contributed by atoms with Crippen molar-refractivity contribution in [2.45, 2.75) is 0 Å². The van der Waals surface area contributed by atoms with E-state index in [9.17, 15) is 14.3 Å². The highest BCUT2D eigenvalue weighted by Gasteiger charge is 2.17. The van der Waals surface area contributed by atoms with Crippen molar-refractivity contribution in [3.8, 4) is 10.6 Å². The lowest BCUT2D eigenvalue weighted by Crippen LogP contribution is -2.01. The fraction of sp³-hybridized carbons (Fsp3) is 0. The zero-order chi connectivity index (χ0) is 16.8. The van der Waals surface area contributed by atoms with Crippen LogP contribution in [0.25, 0.3) is 31.6 Å². The Morgan fingerprint density at radius 2 is 1.96 bits per heavy atom. The summed E-state index contributed by atoms with van der Waals surface area (Å²) >= 11 is 7.34. The molecule has 0 unspecified atom stereocenters. The predicted octanol–water partition coefficient (Wildman–Crippen LogP) is 5.61. The van der Waals surface area contributed by atoms with Crippen molar-refractivity contribution in [2.75, 3.05) is 0 Å². The second-order valence-corrected chi connectivity index (χ2v) is 6.81. The third kappa shape index (κ3) is 2.42. The average Bonchev–Trinajstić information content (AvgIpc) is 2.98. The molecule has 0 atom stereocenters. The molecule has 2 aromatic carbocycles. The normalized spacial score (nSPS) is 11.2. The third-order valence-electron chi connectivity index (χ3n) is 3.74. The number of aromatic nitrogens is 1. The van der Waals surface area contributed by atoms with Crippen molar-refractivity contribution < 1.29 is 14.3 Å². The van der Waals surface area contributed by atoms with Gasteiger partial charge < -0.3 is 5.11 Å². The van der Waals surface area contributed by atoms with Gasteiger partial charge in [0, 0.05) is 15.1 Å². The fourth-order valence-electron chi connectivity index (χ4n) is 2.66. The van der Waals surface area contributed by atoms with Crippen LogP contribution in [0.3, 0.4) is 0 Å². The van der Waals surface area contributed by atoms with Crippen LogP contribution in [0.5, 0.6) is 0 Å². The Morgan fingerprint density at radius 1 is 1.17 bits per heavy atom. The topological polar surface area (TPSA) is 50.2 Å². The van der Waals surface area contributed by atoms with Crippen molar-refractivity contribution >= 4 is 49.9 Å². The van der Waals surface area contributed by atoms with E-state index < -0.39 is 11.8 Å². The zero-order valence-corrected chi connectivity index (χ0v) is 13.7. The van der Waals surface area contributed by atoms with Crippen LogP contribution < -0.4 is 0 Å². The molecular weight excluding hydrogens is 349 g/mol. The Hall–Kier alpha value is -2.50. The van der Waals surface area contributed by atoms with Gasteiger partial charge in [-0.15, -0.1) is 11.3 Å². The van der Waals surface area contributed by atoms with Gasteiger partial charge in [-0.2, -0.15) is 0 Å². The smallest absolute Gasteiger partial charge is 0.336 e. The van der Waals surface area contributed by atoms with Crippen LogP contribution in [0.2, 0.25) is 5.02 Å². The monoisotopic (exact) mass is 357 g/mol. The number of carboxylic acids is 1. The summed E-state index contributed by atoms with van der Waals surface area (Å²) in [5, 5.41) is 10.9. The van der Waals surface area contributed by atoms with E-state index in [4.69, 9.17) is 11.6 Å². The maximum Gasteiger partial charge on any atom is 0.336 e. The van der Waals surface area contributed by atoms with Crippen LogP contribution in [0.15, 0.2) is 48.5 Å². The van der Waals surface area contributed by atoms with Gasteiger partial charge in [-0.05, 0) is 35.7 Å². The highest BCUT2D eigenvalue weighted by Crippen LogP contribution is 2.35. The number of hydrogen-bond acceptors (Lipinski definition) is 3. The van der Waals surface area contributed by atoms with Crippen LogP contribution in [-0.2, 0) is 0 Å². The lowest BCUT2D eigenvalue weighted by molar-refractivity contribution is 0.0699. The molecule has 4 aromatic rings. The Bertz CT molecular complexity index is 1090. The van der Waals surface area contributed by atoms with Crippen LogP contribution in [0.4, 0.5) is 4.39 Å². The first-order chi connectivity index (χ1) is 11.5. The molecule has 2 aromatic heterocycles. The summed E-state index contributed by atoms with van der Waals surface area (Å²) in [6.45, 7) is 0. The Labute approximate surface area is 145 Å². The Balaban J connectivity index is 2.04. The number of benzene rings is 2. The molecule has 0 bridgehead atoms. The highest BCUT2D eigenvalue weighted by molar-refractivity contribution is 7.22. The van der Waals surface area contributed by atoms with E-state index >= 15 is 0 Å². The van der Waals surface area contributed by atoms with E-state index in [0.29, 0.717) is 5.69 Å². The molecule has 0 saturated carbocycles. The van der Waals surface area contributed by atoms with Gasteiger partial charge in [-0.1, -0.05) is 29.8 Å². The number of hydrogen-bond donors (Lipinski definition) is 1.